The Morgan fingerprint density at radius 3 is 2.41 bits per heavy atom. The number of ether oxygens (including phenoxy) is 1. The molecule has 1 aliphatic rings. The smallest absolute Gasteiger partial charge is 0.259 e. The van der Waals surface area contributed by atoms with Gasteiger partial charge in [0.15, 0.2) is 0 Å². The molecule has 0 aliphatic carbocycles. The van der Waals surface area contributed by atoms with E-state index in [0.717, 1.165) is 33.8 Å². The molecular formula is C30H26N4O3. The predicted octanol–water partition coefficient (Wildman–Crippen LogP) is 4.62. The van der Waals surface area contributed by atoms with Crippen LogP contribution in [0.5, 0.6) is 5.75 Å². The van der Waals surface area contributed by atoms with Gasteiger partial charge in [0.05, 0.1) is 11.1 Å². The van der Waals surface area contributed by atoms with E-state index >= 15 is 0 Å². The second-order valence-electron chi connectivity index (χ2n) is 9.11. The Kier molecular flexibility index (Phi) is 5.82. The fourth-order valence-electron chi connectivity index (χ4n) is 5.00. The van der Waals surface area contributed by atoms with Crippen molar-refractivity contribution in [3.63, 3.8) is 0 Å². The summed E-state index contributed by atoms with van der Waals surface area (Å²) in [5, 5.41) is 4.26. The topological polar surface area (TPSA) is 102 Å². The highest BCUT2D eigenvalue weighted by atomic mass is 16.5. The summed E-state index contributed by atoms with van der Waals surface area (Å²) in [5.41, 5.74) is 10.8. The van der Waals surface area contributed by atoms with Gasteiger partial charge < -0.3 is 20.0 Å². The largest absolute Gasteiger partial charge is 0.489 e. The molecule has 2 aromatic heterocycles. The Morgan fingerprint density at radius 1 is 0.838 bits per heavy atom. The van der Waals surface area contributed by atoms with E-state index in [0.29, 0.717) is 47.7 Å². The number of aryl methyl sites for hydroxylation is 1. The molecule has 1 aliphatic heterocycles. The van der Waals surface area contributed by atoms with Crippen LogP contribution in [0.4, 0.5) is 0 Å². The van der Waals surface area contributed by atoms with Gasteiger partial charge in [0, 0.05) is 51.9 Å². The molecular weight excluding hydrogens is 464 g/mol. The fraction of sp³-hybridized carbons (Fsp3) is 0.133. The standard InChI is InChI=1S/C30H26N4O3/c31-13-6-14-34-17-24(22-15-20(11-12-26(22)34)37-18-19-7-2-1-3-8-19)28-27(29(35)33-30(28)36)23-16-32-25-10-5-4-9-21(23)25/h1-5,7-12,15-17,32H,6,13-14,18,31H2,(H,33,35,36). The first-order chi connectivity index (χ1) is 18.1. The lowest BCUT2D eigenvalue weighted by molar-refractivity contribution is -0.122. The molecule has 2 amide bonds. The van der Waals surface area contributed by atoms with Crippen molar-refractivity contribution in [1.29, 1.82) is 0 Å². The van der Waals surface area contributed by atoms with Crippen LogP contribution in [0.25, 0.3) is 33.0 Å². The summed E-state index contributed by atoms with van der Waals surface area (Å²) in [6.45, 7) is 1.68. The van der Waals surface area contributed by atoms with Crippen LogP contribution in [0.2, 0.25) is 0 Å². The van der Waals surface area contributed by atoms with Crippen molar-refractivity contribution in [2.24, 2.45) is 5.73 Å². The highest BCUT2D eigenvalue weighted by Gasteiger charge is 2.35. The summed E-state index contributed by atoms with van der Waals surface area (Å²) in [6, 6.07) is 23.6. The maximum Gasteiger partial charge on any atom is 0.259 e. The second kappa shape index (κ2) is 9.44. The number of imide groups is 1. The van der Waals surface area contributed by atoms with Crippen molar-refractivity contribution >= 4 is 44.8 Å². The third-order valence-corrected chi connectivity index (χ3v) is 6.76. The molecule has 0 spiro atoms. The summed E-state index contributed by atoms with van der Waals surface area (Å²) in [4.78, 5) is 29.5. The van der Waals surface area contributed by atoms with E-state index in [2.05, 4.69) is 14.9 Å². The number of rotatable bonds is 8. The Bertz CT molecular complexity index is 1680. The number of aromatic amines is 1. The lowest BCUT2D eigenvalue weighted by atomic mass is 9.95. The number of para-hydroxylation sites is 1. The lowest BCUT2D eigenvalue weighted by Gasteiger charge is -2.08. The number of hydrogen-bond donors (Lipinski definition) is 3. The minimum absolute atomic E-state index is 0.367. The molecule has 5 aromatic rings. The van der Waals surface area contributed by atoms with Gasteiger partial charge in [0.2, 0.25) is 0 Å². The Morgan fingerprint density at radius 2 is 1.59 bits per heavy atom. The fourth-order valence-corrected chi connectivity index (χ4v) is 5.00. The SMILES string of the molecule is NCCCn1cc(C2=C(c3c[nH]c4ccccc34)C(=O)NC2=O)c2cc(OCc3ccccc3)ccc21. The summed E-state index contributed by atoms with van der Waals surface area (Å²) >= 11 is 0. The van der Waals surface area contributed by atoms with Crippen LogP contribution >= 0.6 is 0 Å². The molecule has 184 valence electrons. The zero-order valence-corrected chi connectivity index (χ0v) is 20.2. The van der Waals surface area contributed by atoms with Gasteiger partial charge in [-0.3, -0.25) is 14.9 Å². The number of amides is 2. The minimum atomic E-state index is -0.404. The van der Waals surface area contributed by atoms with Gasteiger partial charge in [-0.25, -0.2) is 0 Å². The highest BCUT2D eigenvalue weighted by molar-refractivity contribution is 6.50. The Balaban J connectivity index is 1.51. The second-order valence-corrected chi connectivity index (χ2v) is 9.11. The van der Waals surface area contributed by atoms with E-state index in [1.807, 2.05) is 79.0 Å². The van der Waals surface area contributed by atoms with Crippen LogP contribution < -0.4 is 15.8 Å². The number of H-pyrrole nitrogens is 1. The third-order valence-electron chi connectivity index (χ3n) is 6.76. The summed E-state index contributed by atoms with van der Waals surface area (Å²) in [5.74, 6) is -0.115. The highest BCUT2D eigenvalue weighted by Crippen LogP contribution is 2.39. The number of carbonyl (C=O) groups excluding carboxylic acids is 2. The summed E-state index contributed by atoms with van der Waals surface area (Å²) in [7, 11) is 0. The van der Waals surface area contributed by atoms with Crippen LogP contribution in [0.15, 0.2) is 85.2 Å². The molecule has 0 unspecified atom stereocenters. The van der Waals surface area contributed by atoms with Gasteiger partial charge in [-0.2, -0.15) is 0 Å². The van der Waals surface area contributed by atoms with Crippen LogP contribution in [0.1, 0.15) is 23.1 Å². The molecule has 37 heavy (non-hydrogen) atoms. The van der Waals surface area contributed by atoms with Gasteiger partial charge in [-0.05, 0) is 42.8 Å². The molecule has 4 N–H and O–H groups in total. The first-order valence-corrected chi connectivity index (χ1v) is 12.3. The molecule has 6 rings (SSSR count). The molecule has 0 atom stereocenters. The molecule has 3 heterocycles. The number of nitrogens with one attached hydrogen (secondary N) is 2. The van der Waals surface area contributed by atoms with Gasteiger partial charge in [0.1, 0.15) is 12.4 Å². The third kappa shape index (κ3) is 4.09. The van der Waals surface area contributed by atoms with Crippen LogP contribution in [0, 0.1) is 0 Å². The molecule has 0 saturated heterocycles. The predicted molar refractivity (Wildman–Crippen MR) is 145 cm³/mol. The van der Waals surface area contributed by atoms with E-state index in [4.69, 9.17) is 10.5 Å². The quantitative estimate of drug-likeness (QED) is 0.276. The Labute approximate surface area is 213 Å². The van der Waals surface area contributed by atoms with Crippen LogP contribution in [0.3, 0.4) is 0 Å². The maximum absolute atomic E-state index is 13.2. The number of benzene rings is 3. The average molecular weight is 491 g/mol. The van der Waals surface area contributed by atoms with E-state index in [1.165, 1.54) is 0 Å². The van der Waals surface area contributed by atoms with E-state index < -0.39 is 11.8 Å². The lowest BCUT2D eigenvalue weighted by Crippen LogP contribution is -2.22. The summed E-state index contributed by atoms with van der Waals surface area (Å²) < 4.78 is 8.19. The Hall–Kier alpha value is -4.62. The molecule has 7 nitrogen and oxygen atoms in total. The van der Waals surface area contributed by atoms with E-state index in [1.54, 1.807) is 6.20 Å². The molecule has 7 heteroatoms. The molecule has 0 radical (unpaired) electrons. The first kappa shape index (κ1) is 22.8. The number of nitrogens with two attached hydrogens (primary N) is 1. The van der Waals surface area contributed by atoms with Gasteiger partial charge in [-0.1, -0.05) is 48.5 Å². The number of carbonyl (C=O) groups is 2. The molecule has 0 bridgehead atoms. The molecule has 0 fully saturated rings. The van der Waals surface area contributed by atoms with Crippen molar-refractivity contribution in [2.45, 2.75) is 19.6 Å². The van der Waals surface area contributed by atoms with Crippen molar-refractivity contribution in [1.82, 2.24) is 14.9 Å². The maximum atomic E-state index is 13.2. The van der Waals surface area contributed by atoms with E-state index in [9.17, 15) is 9.59 Å². The number of fused-ring (bicyclic) bond motifs is 2. The average Bonchev–Trinajstić information content (AvgIpc) is 3.59. The van der Waals surface area contributed by atoms with Crippen molar-refractivity contribution < 1.29 is 14.3 Å². The number of aromatic nitrogens is 2. The number of hydrogen-bond acceptors (Lipinski definition) is 4. The zero-order chi connectivity index (χ0) is 25.4. The normalized spacial score (nSPS) is 13.6. The van der Waals surface area contributed by atoms with E-state index in [-0.39, 0.29) is 0 Å². The molecule has 0 saturated carbocycles. The molecule has 3 aromatic carbocycles. The van der Waals surface area contributed by atoms with Gasteiger partial charge in [0.25, 0.3) is 11.8 Å². The van der Waals surface area contributed by atoms with Gasteiger partial charge >= 0.3 is 0 Å². The minimum Gasteiger partial charge on any atom is -0.489 e. The monoisotopic (exact) mass is 490 g/mol. The van der Waals surface area contributed by atoms with Gasteiger partial charge in [-0.15, -0.1) is 0 Å². The zero-order valence-electron chi connectivity index (χ0n) is 20.2. The van der Waals surface area contributed by atoms with Crippen LogP contribution in [-0.2, 0) is 22.7 Å². The van der Waals surface area contributed by atoms with Crippen molar-refractivity contribution in [3.05, 3.63) is 102 Å². The first-order valence-electron chi connectivity index (χ1n) is 12.3. The van der Waals surface area contributed by atoms with Crippen molar-refractivity contribution in [2.75, 3.05) is 6.54 Å². The van der Waals surface area contributed by atoms with Crippen molar-refractivity contribution in [3.8, 4) is 5.75 Å². The summed E-state index contributed by atoms with van der Waals surface area (Å²) in [6.07, 6.45) is 4.53. The van der Waals surface area contributed by atoms with Crippen LogP contribution in [-0.4, -0.2) is 27.9 Å². The number of nitrogens with zero attached hydrogens (tertiary/aromatic N) is 1.